The lowest BCUT2D eigenvalue weighted by Gasteiger charge is -2.38. The monoisotopic (exact) mass is 381 g/mol. The molecule has 2 aromatic rings. The van der Waals surface area contributed by atoms with Crippen molar-refractivity contribution >= 4 is 11.6 Å². The number of piperazine rings is 1. The van der Waals surface area contributed by atoms with Crippen molar-refractivity contribution in [1.29, 1.82) is 0 Å². The molecule has 0 spiro atoms. The summed E-state index contributed by atoms with van der Waals surface area (Å²) >= 11 is 0. The molecule has 1 amide bonds. The number of carbonyl (C=O) groups is 1. The first-order chi connectivity index (χ1) is 13.6. The number of amides is 1. The maximum atomic E-state index is 12.9. The Hall–Kier alpha value is -2.53. The van der Waals surface area contributed by atoms with E-state index < -0.39 is 0 Å². The number of rotatable bonds is 7. The molecule has 0 aliphatic carbocycles. The van der Waals surface area contributed by atoms with Crippen LogP contribution in [0.4, 0.5) is 5.69 Å². The van der Waals surface area contributed by atoms with Crippen molar-refractivity contribution in [2.24, 2.45) is 0 Å². The van der Waals surface area contributed by atoms with Gasteiger partial charge in [-0.2, -0.15) is 0 Å². The van der Waals surface area contributed by atoms with Crippen molar-refractivity contribution in [3.8, 4) is 5.75 Å². The standard InChI is InChI=1S/C23H31N3O2/c1-19-9-7-8-12-22(19)28-18-17-24(3)20(2)23(27)26-15-13-25(14-16-26)21-10-5-4-6-11-21/h4-12,20H,13-18H2,1-3H3. The van der Waals surface area contributed by atoms with E-state index in [0.29, 0.717) is 13.2 Å². The fourth-order valence-electron chi connectivity index (χ4n) is 3.49. The van der Waals surface area contributed by atoms with Gasteiger partial charge in [-0.25, -0.2) is 0 Å². The van der Waals surface area contributed by atoms with Crippen LogP contribution in [-0.2, 0) is 4.79 Å². The van der Waals surface area contributed by atoms with E-state index >= 15 is 0 Å². The van der Waals surface area contributed by atoms with Crippen molar-refractivity contribution in [2.75, 3.05) is 51.3 Å². The predicted octanol–water partition coefficient (Wildman–Crippen LogP) is 3.04. The van der Waals surface area contributed by atoms with Gasteiger partial charge in [0.15, 0.2) is 0 Å². The van der Waals surface area contributed by atoms with Gasteiger partial charge >= 0.3 is 0 Å². The number of hydrogen-bond acceptors (Lipinski definition) is 4. The van der Waals surface area contributed by atoms with Crippen LogP contribution >= 0.6 is 0 Å². The van der Waals surface area contributed by atoms with Gasteiger partial charge in [-0.3, -0.25) is 9.69 Å². The molecule has 1 unspecified atom stereocenters. The molecule has 1 atom stereocenters. The summed E-state index contributed by atoms with van der Waals surface area (Å²) in [5.74, 6) is 1.11. The van der Waals surface area contributed by atoms with E-state index in [1.54, 1.807) is 0 Å². The van der Waals surface area contributed by atoms with Gasteiger partial charge in [0.05, 0.1) is 6.04 Å². The first kappa shape index (κ1) is 20.2. The average Bonchev–Trinajstić information content (AvgIpc) is 2.74. The number of anilines is 1. The number of aryl methyl sites for hydroxylation is 1. The summed E-state index contributed by atoms with van der Waals surface area (Å²) in [7, 11) is 1.99. The number of nitrogens with zero attached hydrogens (tertiary/aromatic N) is 3. The van der Waals surface area contributed by atoms with E-state index in [2.05, 4.69) is 34.1 Å². The van der Waals surface area contributed by atoms with Crippen LogP contribution in [0.2, 0.25) is 0 Å². The fourth-order valence-corrected chi connectivity index (χ4v) is 3.49. The van der Waals surface area contributed by atoms with Crippen molar-refractivity contribution in [3.63, 3.8) is 0 Å². The Morgan fingerprint density at radius 3 is 2.36 bits per heavy atom. The lowest BCUT2D eigenvalue weighted by Crippen LogP contribution is -2.54. The maximum Gasteiger partial charge on any atom is 0.239 e. The zero-order valence-corrected chi connectivity index (χ0v) is 17.2. The third-order valence-electron chi connectivity index (χ3n) is 5.53. The predicted molar refractivity (Wildman–Crippen MR) is 114 cm³/mol. The summed E-state index contributed by atoms with van der Waals surface area (Å²) in [6.07, 6.45) is 0. The molecule has 0 radical (unpaired) electrons. The normalized spacial score (nSPS) is 15.6. The Labute approximate surface area is 168 Å². The first-order valence-corrected chi connectivity index (χ1v) is 10.0. The summed E-state index contributed by atoms with van der Waals surface area (Å²) in [4.78, 5) is 19.3. The molecule has 1 heterocycles. The number of likely N-dealkylation sites (N-methyl/N-ethyl adjacent to an activating group) is 1. The van der Waals surface area contributed by atoms with Crippen LogP contribution in [0.25, 0.3) is 0 Å². The molecule has 0 aromatic heterocycles. The van der Waals surface area contributed by atoms with E-state index in [1.807, 2.05) is 56.1 Å². The summed E-state index contributed by atoms with van der Waals surface area (Å²) in [5.41, 5.74) is 2.36. The van der Waals surface area contributed by atoms with E-state index in [1.165, 1.54) is 5.69 Å². The smallest absolute Gasteiger partial charge is 0.239 e. The molecule has 0 N–H and O–H groups in total. The summed E-state index contributed by atoms with van der Waals surface area (Å²) in [6, 6.07) is 18.3. The molecule has 0 saturated carbocycles. The Morgan fingerprint density at radius 2 is 1.68 bits per heavy atom. The van der Waals surface area contributed by atoms with Crippen LogP contribution in [-0.4, -0.2) is 68.1 Å². The van der Waals surface area contributed by atoms with Crippen LogP contribution in [0.1, 0.15) is 12.5 Å². The van der Waals surface area contributed by atoms with Gasteiger partial charge in [-0.05, 0) is 44.7 Å². The highest BCUT2D eigenvalue weighted by atomic mass is 16.5. The van der Waals surface area contributed by atoms with Crippen LogP contribution in [0.3, 0.4) is 0 Å². The molecule has 1 aliphatic rings. The number of hydrogen-bond donors (Lipinski definition) is 0. The number of carbonyl (C=O) groups excluding carboxylic acids is 1. The molecule has 2 aromatic carbocycles. The number of ether oxygens (including phenoxy) is 1. The van der Waals surface area contributed by atoms with Gasteiger partial charge in [0.1, 0.15) is 12.4 Å². The number of para-hydroxylation sites is 2. The van der Waals surface area contributed by atoms with Crippen molar-refractivity contribution in [3.05, 3.63) is 60.2 Å². The van der Waals surface area contributed by atoms with Crippen molar-refractivity contribution in [1.82, 2.24) is 9.80 Å². The third-order valence-corrected chi connectivity index (χ3v) is 5.53. The number of benzene rings is 2. The molecular weight excluding hydrogens is 350 g/mol. The first-order valence-electron chi connectivity index (χ1n) is 10.0. The molecule has 28 heavy (non-hydrogen) atoms. The molecule has 1 saturated heterocycles. The second-order valence-corrected chi connectivity index (χ2v) is 7.42. The van der Waals surface area contributed by atoms with E-state index in [0.717, 1.165) is 37.5 Å². The highest BCUT2D eigenvalue weighted by Gasteiger charge is 2.27. The zero-order valence-electron chi connectivity index (χ0n) is 17.2. The minimum absolute atomic E-state index is 0.149. The molecule has 1 fully saturated rings. The molecule has 5 nitrogen and oxygen atoms in total. The molecule has 3 rings (SSSR count). The quantitative estimate of drug-likeness (QED) is 0.739. The van der Waals surface area contributed by atoms with E-state index in [4.69, 9.17) is 4.74 Å². The largest absolute Gasteiger partial charge is 0.492 e. The molecule has 5 heteroatoms. The molecular formula is C23H31N3O2. The van der Waals surface area contributed by atoms with Crippen LogP contribution < -0.4 is 9.64 Å². The minimum Gasteiger partial charge on any atom is -0.492 e. The molecule has 1 aliphatic heterocycles. The summed E-state index contributed by atoms with van der Waals surface area (Å²) < 4.78 is 5.87. The lowest BCUT2D eigenvalue weighted by atomic mass is 10.2. The second-order valence-electron chi connectivity index (χ2n) is 7.42. The van der Waals surface area contributed by atoms with Gasteiger partial charge in [0, 0.05) is 38.4 Å². The second kappa shape index (κ2) is 9.60. The summed E-state index contributed by atoms with van der Waals surface area (Å²) in [6.45, 7) is 8.61. The Morgan fingerprint density at radius 1 is 1.04 bits per heavy atom. The van der Waals surface area contributed by atoms with Crippen molar-refractivity contribution < 1.29 is 9.53 Å². The van der Waals surface area contributed by atoms with Crippen LogP contribution in [0.15, 0.2) is 54.6 Å². The Balaban J connectivity index is 1.44. The van der Waals surface area contributed by atoms with E-state index in [9.17, 15) is 4.79 Å². The third kappa shape index (κ3) is 5.04. The molecule has 0 bridgehead atoms. The van der Waals surface area contributed by atoms with Gasteiger partial charge in [-0.1, -0.05) is 36.4 Å². The fraction of sp³-hybridized carbons (Fsp3) is 0.435. The highest BCUT2D eigenvalue weighted by molar-refractivity contribution is 5.81. The van der Waals surface area contributed by atoms with Gasteiger partial charge in [0.25, 0.3) is 0 Å². The van der Waals surface area contributed by atoms with Crippen LogP contribution in [0.5, 0.6) is 5.75 Å². The summed E-state index contributed by atoms with van der Waals surface area (Å²) in [5, 5.41) is 0. The van der Waals surface area contributed by atoms with Gasteiger partial charge < -0.3 is 14.5 Å². The minimum atomic E-state index is -0.149. The Kier molecular flexibility index (Phi) is 6.93. The van der Waals surface area contributed by atoms with Crippen molar-refractivity contribution in [2.45, 2.75) is 19.9 Å². The maximum absolute atomic E-state index is 12.9. The van der Waals surface area contributed by atoms with Gasteiger partial charge in [-0.15, -0.1) is 0 Å². The Bertz CT molecular complexity index is 757. The van der Waals surface area contributed by atoms with Crippen LogP contribution in [0, 0.1) is 6.92 Å². The molecule has 150 valence electrons. The zero-order chi connectivity index (χ0) is 19.9. The van der Waals surface area contributed by atoms with Gasteiger partial charge in [0.2, 0.25) is 5.91 Å². The topological polar surface area (TPSA) is 36.0 Å². The lowest BCUT2D eigenvalue weighted by molar-refractivity contribution is -0.136. The van der Waals surface area contributed by atoms with E-state index in [-0.39, 0.29) is 11.9 Å². The highest BCUT2D eigenvalue weighted by Crippen LogP contribution is 2.17. The SMILES string of the molecule is Cc1ccccc1OCCN(C)C(C)C(=O)N1CCN(c2ccccc2)CC1. The average molecular weight is 382 g/mol.